The van der Waals surface area contributed by atoms with Crippen LogP contribution in [0.1, 0.15) is 11.1 Å². The number of hydrogen-bond acceptors (Lipinski definition) is 7. The zero-order valence-corrected chi connectivity index (χ0v) is 18.1. The number of amides is 2. The molecule has 2 aromatic rings. The fourth-order valence-corrected chi connectivity index (χ4v) is 2.64. The van der Waals surface area contributed by atoms with Crippen molar-refractivity contribution in [2.75, 3.05) is 25.6 Å². The molecule has 0 saturated heterocycles. The van der Waals surface area contributed by atoms with Crippen molar-refractivity contribution in [1.29, 1.82) is 0 Å². The van der Waals surface area contributed by atoms with E-state index in [0.717, 1.165) is 16.2 Å². The average molecular weight is 444 g/mol. The normalized spacial score (nSPS) is 10.6. The Labute approximate surface area is 183 Å². The smallest absolute Gasteiger partial charge is 0.331 e. The van der Waals surface area contributed by atoms with Gasteiger partial charge in [0.05, 0.1) is 24.9 Å². The number of anilines is 1. The number of aromatic nitrogens is 2. The number of nitrogens with zero attached hydrogens (tertiary/aromatic N) is 2. The number of esters is 1. The van der Waals surface area contributed by atoms with Gasteiger partial charge in [0.15, 0.2) is 6.61 Å². The Kier molecular flexibility index (Phi) is 8.11. The average Bonchev–Trinajstić information content (AvgIpc) is 2.76. The van der Waals surface area contributed by atoms with Crippen LogP contribution in [0.25, 0.3) is 6.08 Å². The van der Waals surface area contributed by atoms with Crippen LogP contribution in [0, 0.1) is 6.92 Å². The van der Waals surface area contributed by atoms with Crippen LogP contribution >= 0.6 is 0 Å². The van der Waals surface area contributed by atoms with E-state index in [1.807, 2.05) is 13.0 Å². The number of nitrogens with one attached hydrogen (secondary N) is 2. The van der Waals surface area contributed by atoms with Gasteiger partial charge >= 0.3 is 11.7 Å². The topological polar surface area (TPSA) is 138 Å². The summed E-state index contributed by atoms with van der Waals surface area (Å²) in [6, 6.07) is 5.27. The van der Waals surface area contributed by atoms with Gasteiger partial charge in [-0.2, -0.15) is 0 Å². The molecule has 0 fully saturated rings. The van der Waals surface area contributed by atoms with Gasteiger partial charge in [0.1, 0.15) is 5.75 Å². The molecule has 1 heterocycles. The van der Waals surface area contributed by atoms with E-state index in [4.69, 9.17) is 9.47 Å². The van der Waals surface area contributed by atoms with Gasteiger partial charge in [0.2, 0.25) is 5.91 Å². The first-order valence-corrected chi connectivity index (χ1v) is 9.45. The number of aryl methyl sites for hydroxylation is 2. The summed E-state index contributed by atoms with van der Waals surface area (Å²) in [5.41, 5.74) is 0.398. The van der Waals surface area contributed by atoms with Crippen LogP contribution in [0.2, 0.25) is 0 Å². The van der Waals surface area contributed by atoms with Gasteiger partial charge in [-0.15, -0.1) is 0 Å². The highest BCUT2D eigenvalue weighted by Crippen LogP contribution is 2.24. The molecule has 11 nitrogen and oxygen atoms in total. The summed E-state index contributed by atoms with van der Waals surface area (Å²) in [6.07, 6.45) is 3.43. The molecule has 2 rings (SSSR count). The lowest BCUT2D eigenvalue weighted by Crippen LogP contribution is -2.37. The van der Waals surface area contributed by atoms with E-state index in [-0.39, 0.29) is 12.1 Å². The molecule has 2 N–H and O–H groups in total. The fraction of sp³-hybridized carbons (Fsp3) is 0.286. The molecule has 0 saturated carbocycles. The van der Waals surface area contributed by atoms with Gasteiger partial charge in [-0.25, -0.2) is 9.59 Å². The number of rotatable bonds is 8. The second-order valence-electron chi connectivity index (χ2n) is 6.81. The first kappa shape index (κ1) is 24.1. The summed E-state index contributed by atoms with van der Waals surface area (Å²) in [5, 5.41) is 4.96. The van der Waals surface area contributed by atoms with Crippen molar-refractivity contribution in [3.05, 3.63) is 62.4 Å². The van der Waals surface area contributed by atoms with Gasteiger partial charge in [-0.05, 0) is 30.7 Å². The molecule has 0 radical (unpaired) electrons. The third-order valence-corrected chi connectivity index (χ3v) is 4.29. The van der Waals surface area contributed by atoms with Crippen molar-refractivity contribution in [3.63, 3.8) is 0 Å². The molecule has 11 heteroatoms. The van der Waals surface area contributed by atoms with Crippen LogP contribution < -0.4 is 26.6 Å². The molecular formula is C21H24N4O7. The quantitative estimate of drug-likeness (QED) is 0.422. The standard InChI is InChI=1S/C21H24N4O7/c1-13-5-7-16(31-4)15(9-13)23-17(26)10-22-18(27)12-32-19(28)8-6-14-11-24(2)21(30)25(3)20(14)29/h5-9,11H,10,12H2,1-4H3,(H,22,27)(H,23,26)/b8-6+. The van der Waals surface area contributed by atoms with E-state index < -0.39 is 35.6 Å². The van der Waals surface area contributed by atoms with Crippen molar-refractivity contribution in [1.82, 2.24) is 14.5 Å². The Hall–Kier alpha value is -4.15. The molecule has 0 aliphatic heterocycles. The largest absolute Gasteiger partial charge is 0.495 e. The Balaban J connectivity index is 1.83. The van der Waals surface area contributed by atoms with E-state index in [9.17, 15) is 24.0 Å². The van der Waals surface area contributed by atoms with E-state index in [1.165, 1.54) is 38.0 Å². The van der Waals surface area contributed by atoms with E-state index in [2.05, 4.69) is 10.6 Å². The monoisotopic (exact) mass is 444 g/mol. The third-order valence-electron chi connectivity index (χ3n) is 4.29. The number of ether oxygens (including phenoxy) is 2. The zero-order valence-electron chi connectivity index (χ0n) is 18.1. The maximum absolute atomic E-state index is 12.0. The predicted octanol–water partition coefficient (Wildman–Crippen LogP) is -0.288. The van der Waals surface area contributed by atoms with E-state index in [0.29, 0.717) is 11.4 Å². The Morgan fingerprint density at radius 2 is 1.84 bits per heavy atom. The van der Waals surface area contributed by atoms with Gasteiger partial charge in [-0.1, -0.05) is 6.07 Å². The molecule has 0 aliphatic rings. The third kappa shape index (κ3) is 6.42. The second kappa shape index (κ2) is 10.8. The van der Waals surface area contributed by atoms with Crippen molar-refractivity contribution < 1.29 is 23.9 Å². The minimum atomic E-state index is -0.870. The molecule has 2 amide bonds. The molecular weight excluding hydrogens is 420 g/mol. The maximum Gasteiger partial charge on any atom is 0.331 e. The number of benzene rings is 1. The summed E-state index contributed by atoms with van der Waals surface area (Å²) < 4.78 is 12.0. The highest BCUT2D eigenvalue weighted by Gasteiger charge is 2.11. The number of methoxy groups -OCH3 is 1. The van der Waals surface area contributed by atoms with Crippen molar-refractivity contribution >= 4 is 29.5 Å². The van der Waals surface area contributed by atoms with Crippen LogP contribution in [0.15, 0.2) is 40.1 Å². The minimum Gasteiger partial charge on any atom is -0.495 e. The first-order valence-electron chi connectivity index (χ1n) is 9.45. The molecule has 0 bridgehead atoms. The van der Waals surface area contributed by atoms with Crippen molar-refractivity contribution in [2.45, 2.75) is 6.92 Å². The summed E-state index contributed by atoms with van der Waals surface area (Å²) in [4.78, 5) is 59.3. The number of carbonyl (C=O) groups excluding carboxylic acids is 3. The zero-order chi connectivity index (χ0) is 23.8. The lowest BCUT2D eigenvalue weighted by molar-refractivity contribution is -0.143. The Morgan fingerprint density at radius 1 is 1.12 bits per heavy atom. The molecule has 0 aliphatic carbocycles. The minimum absolute atomic E-state index is 0.0965. The van der Waals surface area contributed by atoms with Gasteiger partial charge in [-0.3, -0.25) is 19.0 Å². The molecule has 0 atom stereocenters. The predicted molar refractivity (Wildman–Crippen MR) is 116 cm³/mol. The Bertz CT molecular complexity index is 1180. The lowest BCUT2D eigenvalue weighted by atomic mass is 10.2. The molecule has 1 aromatic heterocycles. The summed E-state index contributed by atoms with van der Waals surface area (Å²) in [7, 11) is 4.25. The van der Waals surface area contributed by atoms with Crippen molar-refractivity contribution in [3.8, 4) is 5.75 Å². The van der Waals surface area contributed by atoms with Gasteiger partial charge in [0, 0.05) is 26.4 Å². The summed E-state index contributed by atoms with van der Waals surface area (Å²) >= 11 is 0. The Morgan fingerprint density at radius 3 is 2.53 bits per heavy atom. The molecule has 32 heavy (non-hydrogen) atoms. The molecule has 170 valence electrons. The van der Waals surface area contributed by atoms with E-state index in [1.54, 1.807) is 12.1 Å². The number of carbonyl (C=O) groups is 3. The first-order chi connectivity index (χ1) is 15.1. The SMILES string of the molecule is COc1ccc(C)cc1NC(=O)CNC(=O)COC(=O)/C=C/c1cn(C)c(=O)n(C)c1=O. The fourth-order valence-electron chi connectivity index (χ4n) is 2.64. The summed E-state index contributed by atoms with van der Waals surface area (Å²) in [5.74, 6) is -1.57. The second-order valence-corrected chi connectivity index (χ2v) is 6.81. The van der Waals surface area contributed by atoms with Crippen molar-refractivity contribution in [2.24, 2.45) is 14.1 Å². The van der Waals surface area contributed by atoms with Crippen LogP contribution in [-0.2, 0) is 33.2 Å². The van der Waals surface area contributed by atoms with E-state index >= 15 is 0 Å². The highest BCUT2D eigenvalue weighted by molar-refractivity contribution is 5.96. The molecule has 1 aromatic carbocycles. The summed E-state index contributed by atoms with van der Waals surface area (Å²) in [6.45, 7) is 0.906. The lowest BCUT2D eigenvalue weighted by Gasteiger charge is -2.11. The van der Waals surface area contributed by atoms with Crippen LogP contribution in [0.5, 0.6) is 5.75 Å². The van der Waals surface area contributed by atoms with Crippen LogP contribution in [-0.4, -0.2) is 47.2 Å². The maximum atomic E-state index is 12.0. The number of hydrogen-bond donors (Lipinski definition) is 2. The van der Waals surface area contributed by atoms with Crippen LogP contribution in [0.3, 0.4) is 0 Å². The molecule has 0 spiro atoms. The van der Waals surface area contributed by atoms with Gasteiger partial charge < -0.3 is 24.7 Å². The van der Waals surface area contributed by atoms with Gasteiger partial charge in [0.25, 0.3) is 11.5 Å². The highest BCUT2D eigenvalue weighted by atomic mass is 16.5. The molecule has 0 unspecified atom stereocenters. The van der Waals surface area contributed by atoms with Crippen LogP contribution in [0.4, 0.5) is 5.69 Å².